The summed E-state index contributed by atoms with van der Waals surface area (Å²) in [5.41, 5.74) is 10.5. The van der Waals surface area contributed by atoms with Crippen molar-refractivity contribution in [3.05, 3.63) is 42.0 Å². The molecule has 4 N–H and O–H groups in total. The van der Waals surface area contributed by atoms with Gasteiger partial charge in [-0.25, -0.2) is 4.98 Å². The number of aromatic amines is 1. The molecule has 6 heteroatoms. The summed E-state index contributed by atoms with van der Waals surface area (Å²) in [5, 5.41) is 10.5. The van der Waals surface area contributed by atoms with Gasteiger partial charge in [0.05, 0.1) is 23.2 Å². The van der Waals surface area contributed by atoms with E-state index in [9.17, 15) is 9.90 Å². The van der Waals surface area contributed by atoms with Gasteiger partial charge < -0.3 is 20.6 Å². The molecule has 5 rings (SSSR count). The van der Waals surface area contributed by atoms with E-state index < -0.39 is 5.60 Å². The number of H-pyrrole nitrogens is 1. The van der Waals surface area contributed by atoms with Gasteiger partial charge in [0.25, 0.3) is 0 Å². The summed E-state index contributed by atoms with van der Waals surface area (Å²) in [6.45, 7) is 6.97. The number of imidazole rings is 1. The monoisotopic (exact) mass is 503 g/mol. The number of fused-ring (bicyclic) bond motifs is 2. The zero-order chi connectivity index (χ0) is 26.2. The van der Waals surface area contributed by atoms with E-state index in [-0.39, 0.29) is 5.92 Å². The Morgan fingerprint density at radius 2 is 1.97 bits per heavy atom. The highest BCUT2D eigenvalue weighted by molar-refractivity contribution is 5.83. The normalized spacial score (nSPS) is 27.4. The van der Waals surface area contributed by atoms with E-state index in [0.717, 1.165) is 72.9 Å². The first-order chi connectivity index (χ1) is 17.7. The van der Waals surface area contributed by atoms with E-state index >= 15 is 0 Å². The van der Waals surface area contributed by atoms with Gasteiger partial charge >= 0.3 is 0 Å². The van der Waals surface area contributed by atoms with E-state index in [4.69, 9.17) is 10.5 Å². The van der Waals surface area contributed by atoms with Gasteiger partial charge in [0, 0.05) is 12.3 Å². The van der Waals surface area contributed by atoms with Crippen LogP contribution in [0, 0.1) is 23.7 Å². The lowest BCUT2D eigenvalue weighted by Crippen LogP contribution is -2.28. The summed E-state index contributed by atoms with van der Waals surface area (Å²) >= 11 is 0. The quantitative estimate of drug-likeness (QED) is 0.354. The van der Waals surface area contributed by atoms with Crippen LogP contribution in [-0.2, 0) is 11.2 Å². The standard InChI is InChI=1S/C31H41N3O3/c1-19-15-25-16-23(24-6-8-26-27(17-24)34-30(32)33-26)7-9-29(25)37-14-11-22(19)18-28(35)20(2)21-5-4-12-31(3,36)13-10-21/h6-9,16-17,19-22,36H,4-5,10-15,18H2,1-3H3,(H3,32,33,34). The van der Waals surface area contributed by atoms with Gasteiger partial charge in [-0.1, -0.05) is 32.4 Å². The van der Waals surface area contributed by atoms with E-state index in [2.05, 4.69) is 54.1 Å². The summed E-state index contributed by atoms with van der Waals surface area (Å²) < 4.78 is 6.20. The number of aromatic nitrogens is 2. The minimum atomic E-state index is -0.577. The highest BCUT2D eigenvalue weighted by Gasteiger charge is 2.33. The molecule has 0 radical (unpaired) electrons. The van der Waals surface area contributed by atoms with Gasteiger partial charge in [0.15, 0.2) is 5.95 Å². The van der Waals surface area contributed by atoms with E-state index in [0.29, 0.717) is 42.5 Å². The van der Waals surface area contributed by atoms with Crippen LogP contribution in [0.3, 0.4) is 0 Å². The third-order valence-corrected chi connectivity index (χ3v) is 9.01. The second-order valence-corrected chi connectivity index (χ2v) is 11.9. The molecule has 198 valence electrons. The summed E-state index contributed by atoms with van der Waals surface area (Å²) in [5.74, 6) is 2.89. The first-order valence-electron chi connectivity index (χ1n) is 13.9. The van der Waals surface area contributed by atoms with Crippen LogP contribution in [0.5, 0.6) is 5.75 Å². The zero-order valence-electron chi connectivity index (χ0n) is 22.4. The van der Waals surface area contributed by atoms with Crippen molar-refractivity contribution in [1.29, 1.82) is 0 Å². The average molecular weight is 504 g/mol. The summed E-state index contributed by atoms with van der Waals surface area (Å²) in [7, 11) is 0. The third-order valence-electron chi connectivity index (χ3n) is 9.01. The van der Waals surface area contributed by atoms with Gasteiger partial charge in [-0.3, -0.25) is 4.79 Å². The molecule has 5 unspecified atom stereocenters. The highest BCUT2D eigenvalue weighted by Crippen LogP contribution is 2.38. The topological polar surface area (TPSA) is 101 Å². The van der Waals surface area contributed by atoms with Crippen LogP contribution in [0.4, 0.5) is 5.95 Å². The number of hydrogen-bond donors (Lipinski definition) is 3. The van der Waals surface area contributed by atoms with Crippen molar-refractivity contribution in [3.63, 3.8) is 0 Å². The van der Waals surface area contributed by atoms with Crippen molar-refractivity contribution < 1.29 is 14.6 Å². The molecular formula is C31H41N3O3. The number of nitrogens with zero attached hydrogens (tertiary/aromatic N) is 1. The van der Waals surface area contributed by atoms with Crippen LogP contribution in [0.15, 0.2) is 36.4 Å². The number of nitrogens with one attached hydrogen (secondary N) is 1. The predicted octanol–water partition coefficient (Wildman–Crippen LogP) is 6.32. The van der Waals surface area contributed by atoms with Crippen molar-refractivity contribution in [2.45, 2.75) is 77.7 Å². The smallest absolute Gasteiger partial charge is 0.198 e. The second-order valence-electron chi connectivity index (χ2n) is 11.9. The number of ketones is 1. The number of nitrogens with two attached hydrogens (primary N) is 1. The molecule has 37 heavy (non-hydrogen) atoms. The van der Waals surface area contributed by atoms with E-state index in [1.807, 2.05) is 13.0 Å². The largest absolute Gasteiger partial charge is 0.493 e. The predicted molar refractivity (Wildman–Crippen MR) is 148 cm³/mol. The molecule has 6 nitrogen and oxygen atoms in total. The Hall–Kier alpha value is -2.86. The molecule has 0 spiro atoms. The Kier molecular flexibility index (Phi) is 7.30. The van der Waals surface area contributed by atoms with Gasteiger partial charge in [-0.2, -0.15) is 0 Å². The molecule has 2 aromatic carbocycles. The van der Waals surface area contributed by atoms with Crippen LogP contribution in [0.1, 0.15) is 71.3 Å². The number of carbonyl (C=O) groups is 1. The second kappa shape index (κ2) is 10.5. The van der Waals surface area contributed by atoms with Crippen molar-refractivity contribution in [1.82, 2.24) is 9.97 Å². The van der Waals surface area contributed by atoms with Crippen LogP contribution < -0.4 is 10.5 Å². The van der Waals surface area contributed by atoms with Gasteiger partial charge in [0.1, 0.15) is 11.5 Å². The maximum Gasteiger partial charge on any atom is 0.198 e. The van der Waals surface area contributed by atoms with E-state index in [1.165, 1.54) is 5.56 Å². The van der Waals surface area contributed by atoms with Crippen molar-refractivity contribution in [3.8, 4) is 16.9 Å². The molecule has 1 aromatic heterocycles. The number of ether oxygens (including phenoxy) is 1. The molecule has 1 aliphatic heterocycles. The number of benzene rings is 2. The van der Waals surface area contributed by atoms with Gasteiger partial charge in [0.2, 0.25) is 0 Å². The Morgan fingerprint density at radius 1 is 1.19 bits per heavy atom. The number of aliphatic hydroxyl groups is 1. The van der Waals surface area contributed by atoms with Crippen LogP contribution in [0.25, 0.3) is 22.2 Å². The molecule has 1 saturated carbocycles. The molecule has 1 fully saturated rings. The molecule has 0 saturated heterocycles. The molecular weight excluding hydrogens is 462 g/mol. The average Bonchev–Trinajstić information content (AvgIpc) is 3.13. The van der Waals surface area contributed by atoms with Crippen LogP contribution in [-0.4, -0.2) is 33.1 Å². The Bertz CT molecular complexity index is 1260. The van der Waals surface area contributed by atoms with Gasteiger partial charge in [-0.05, 0) is 104 Å². The number of anilines is 1. The first kappa shape index (κ1) is 25.8. The highest BCUT2D eigenvalue weighted by atomic mass is 16.5. The SMILES string of the molecule is CC1Cc2cc(-c3ccc4nc(N)[nH]c4c3)ccc2OCCC1CC(=O)C(C)C1CCCC(C)(O)CC1. The summed E-state index contributed by atoms with van der Waals surface area (Å²) in [4.78, 5) is 20.8. The Balaban J connectivity index is 1.28. The van der Waals surface area contributed by atoms with Crippen LogP contribution in [0.2, 0.25) is 0 Å². The lowest BCUT2D eigenvalue weighted by molar-refractivity contribution is -0.125. The maximum absolute atomic E-state index is 13.4. The van der Waals surface area contributed by atoms with Gasteiger partial charge in [-0.15, -0.1) is 0 Å². The minimum Gasteiger partial charge on any atom is -0.493 e. The number of Topliss-reactive ketones (excluding diaryl/α,β-unsaturated/α-hetero) is 1. The lowest BCUT2D eigenvalue weighted by atomic mass is 9.77. The van der Waals surface area contributed by atoms with Crippen molar-refractivity contribution in [2.75, 3.05) is 12.3 Å². The molecule has 0 amide bonds. The zero-order valence-corrected chi connectivity index (χ0v) is 22.4. The third kappa shape index (κ3) is 5.85. The summed E-state index contributed by atoms with van der Waals surface area (Å²) in [6, 6.07) is 12.6. The lowest BCUT2D eigenvalue weighted by Gasteiger charge is -2.30. The molecule has 5 atom stereocenters. The Morgan fingerprint density at radius 3 is 2.81 bits per heavy atom. The summed E-state index contributed by atoms with van der Waals surface area (Å²) in [6.07, 6.45) is 7.03. The number of nitrogen functional groups attached to an aromatic ring is 1. The van der Waals surface area contributed by atoms with Crippen molar-refractivity contribution in [2.24, 2.45) is 23.7 Å². The minimum absolute atomic E-state index is 0.0535. The fraction of sp³-hybridized carbons (Fsp3) is 0.548. The van der Waals surface area contributed by atoms with Crippen molar-refractivity contribution >= 4 is 22.8 Å². The van der Waals surface area contributed by atoms with Crippen LogP contribution >= 0.6 is 0 Å². The Labute approximate surface area is 220 Å². The molecule has 0 bridgehead atoms. The molecule has 2 heterocycles. The molecule has 2 aliphatic rings. The first-order valence-corrected chi connectivity index (χ1v) is 13.9. The fourth-order valence-electron chi connectivity index (χ4n) is 6.41. The fourth-order valence-corrected chi connectivity index (χ4v) is 6.41. The number of hydrogen-bond acceptors (Lipinski definition) is 5. The molecule has 1 aliphatic carbocycles. The molecule has 3 aromatic rings. The maximum atomic E-state index is 13.4. The van der Waals surface area contributed by atoms with E-state index in [1.54, 1.807) is 0 Å². The number of rotatable bonds is 5. The number of carbonyl (C=O) groups excluding carboxylic acids is 1.